The molecule has 0 spiro atoms. The molecule has 0 saturated carbocycles. The molecule has 2 nitrogen and oxygen atoms in total. The van der Waals surface area contributed by atoms with Crippen LogP contribution in [0.4, 0.5) is 0 Å². The molecule has 0 heterocycles. The second kappa shape index (κ2) is 5.56. The lowest BCUT2D eigenvalue weighted by Gasteiger charge is -2.03. The number of methoxy groups -OCH3 is 1. The second-order valence-corrected chi connectivity index (χ2v) is 2.47. The average molecular weight is 178 g/mol. The molecule has 4 heteroatoms. The SMILES string of the molecule is CCOC(=S)CC(=S)OC. The van der Waals surface area contributed by atoms with Crippen LogP contribution in [0.5, 0.6) is 0 Å². The maximum Gasteiger partial charge on any atom is 0.168 e. The summed E-state index contributed by atoms with van der Waals surface area (Å²) in [5, 5.41) is 0.966. The molecular formula is C6H10O2S2. The van der Waals surface area contributed by atoms with Crippen LogP contribution in [-0.2, 0) is 9.47 Å². The van der Waals surface area contributed by atoms with Gasteiger partial charge in [-0.25, -0.2) is 0 Å². The zero-order valence-corrected chi connectivity index (χ0v) is 7.68. The van der Waals surface area contributed by atoms with Crippen LogP contribution < -0.4 is 0 Å². The fourth-order valence-corrected chi connectivity index (χ4v) is 0.873. The monoisotopic (exact) mass is 178 g/mol. The Morgan fingerprint density at radius 2 is 1.90 bits per heavy atom. The minimum absolute atomic E-state index is 0.439. The summed E-state index contributed by atoms with van der Waals surface area (Å²) in [5.41, 5.74) is 0. The van der Waals surface area contributed by atoms with Crippen molar-refractivity contribution in [3.63, 3.8) is 0 Å². The topological polar surface area (TPSA) is 18.5 Å². The first-order valence-corrected chi connectivity index (χ1v) is 3.74. The highest BCUT2D eigenvalue weighted by Crippen LogP contribution is 1.93. The Balaban J connectivity index is 3.47. The van der Waals surface area contributed by atoms with Gasteiger partial charge in [0.1, 0.15) is 0 Å². The molecule has 0 aliphatic carbocycles. The van der Waals surface area contributed by atoms with Gasteiger partial charge in [-0.2, -0.15) is 0 Å². The van der Waals surface area contributed by atoms with Crippen molar-refractivity contribution in [2.45, 2.75) is 13.3 Å². The van der Waals surface area contributed by atoms with E-state index in [0.717, 1.165) is 0 Å². The first-order chi connectivity index (χ1) is 4.70. The number of thiocarbonyl (C=S) groups is 2. The molecule has 0 radical (unpaired) electrons. The lowest BCUT2D eigenvalue weighted by atomic mass is 10.5. The third-order valence-corrected chi connectivity index (χ3v) is 1.39. The first kappa shape index (κ1) is 9.78. The minimum atomic E-state index is 0.439. The fraction of sp³-hybridized carbons (Fsp3) is 0.667. The molecule has 58 valence electrons. The molecule has 0 aromatic rings. The molecule has 0 fully saturated rings. The Labute approximate surface area is 71.5 Å². The van der Waals surface area contributed by atoms with Crippen molar-refractivity contribution in [3.05, 3.63) is 0 Å². The normalized spacial score (nSPS) is 8.60. The van der Waals surface area contributed by atoms with E-state index in [-0.39, 0.29) is 0 Å². The van der Waals surface area contributed by atoms with Crippen molar-refractivity contribution < 1.29 is 9.47 Å². The third kappa shape index (κ3) is 4.64. The van der Waals surface area contributed by atoms with Gasteiger partial charge in [-0.05, 0) is 31.4 Å². The summed E-state index contributed by atoms with van der Waals surface area (Å²) in [6, 6.07) is 0. The van der Waals surface area contributed by atoms with Crippen LogP contribution in [0.15, 0.2) is 0 Å². The summed E-state index contributed by atoms with van der Waals surface area (Å²) in [7, 11) is 1.52. The highest BCUT2D eigenvalue weighted by atomic mass is 32.1. The predicted octanol–water partition coefficient (Wildman–Crippen LogP) is 1.71. The van der Waals surface area contributed by atoms with Gasteiger partial charge >= 0.3 is 0 Å². The van der Waals surface area contributed by atoms with E-state index in [9.17, 15) is 0 Å². The van der Waals surface area contributed by atoms with Crippen molar-refractivity contribution in [2.75, 3.05) is 13.7 Å². The second-order valence-electron chi connectivity index (χ2n) is 1.56. The number of rotatable bonds is 3. The van der Waals surface area contributed by atoms with Gasteiger partial charge in [-0.15, -0.1) is 0 Å². The fourth-order valence-electron chi connectivity index (χ4n) is 0.402. The van der Waals surface area contributed by atoms with E-state index >= 15 is 0 Å². The van der Waals surface area contributed by atoms with Crippen LogP contribution in [0.2, 0.25) is 0 Å². The Hall–Kier alpha value is -0.220. The molecule has 0 atom stereocenters. The number of hydrogen-bond donors (Lipinski definition) is 0. The average Bonchev–Trinajstić information content (AvgIpc) is 1.88. The van der Waals surface area contributed by atoms with Gasteiger partial charge in [0.05, 0.1) is 20.1 Å². The van der Waals surface area contributed by atoms with Crippen LogP contribution >= 0.6 is 24.4 Å². The van der Waals surface area contributed by atoms with E-state index in [2.05, 4.69) is 0 Å². The maximum absolute atomic E-state index is 4.98. The van der Waals surface area contributed by atoms with Gasteiger partial charge in [0.2, 0.25) is 0 Å². The van der Waals surface area contributed by atoms with Crippen LogP contribution in [0.3, 0.4) is 0 Å². The van der Waals surface area contributed by atoms with Crippen molar-refractivity contribution in [3.8, 4) is 0 Å². The van der Waals surface area contributed by atoms with E-state index < -0.39 is 0 Å². The summed E-state index contributed by atoms with van der Waals surface area (Å²) in [5.74, 6) is 0. The third-order valence-electron chi connectivity index (χ3n) is 0.822. The Bertz CT molecular complexity index is 134. The largest absolute Gasteiger partial charge is 0.490 e. The highest BCUT2D eigenvalue weighted by Gasteiger charge is 2.00. The van der Waals surface area contributed by atoms with Crippen LogP contribution in [0.1, 0.15) is 13.3 Å². The van der Waals surface area contributed by atoms with Gasteiger partial charge in [0.15, 0.2) is 10.1 Å². The molecule has 0 aliphatic heterocycles. The molecule has 0 N–H and O–H groups in total. The molecule has 0 bridgehead atoms. The van der Waals surface area contributed by atoms with Gasteiger partial charge in [0.25, 0.3) is 0 Å². The zero-order valence-electron chi connectivity index (χ0n) is 6.05. The van der Waals surface area contributed by atoms with Crippen LogP contribution in [0, 0.1) is 0 Å². The maximum atomic E-state index is 4.98. The molecule has 10 heavy (non-hydrogen) atoms. The Morgan fingerprint density at radius 3 is 2.30 bits per heavy atom. The van der Waals surface area contributed by atoms with Crippen molar-refractivity contribution in [2.24, 2.45) is 0 Å². The van der Waals surface area contributed by atoms with Gasteiger partial charge in [-0.1, -0.05) is 0 Å². The molecule has 0 rings (SSSR count). The van der Waals surface area contributed by atoms with Crippen molar-refractivity contribution in [1.82, 2.24) is 0 Å². The predicted molar refractivity (Wildman–Crippen MR) is 48.4 cm³/mol. The Morgan fingerprint density at radius 1 is 1.30 bits per heavy atom. The lowest BCUT2D eigenvalue weighted by molar-refractivity contribution is 0.327. The van der Waals surface area contributed by atoms with Gasteiger partial charge in [-0.3, -0.25) is 0 Å². The summed E-state index contributed by atoms with van der Waals surface area (Å²) in [6.45, 7) is 2.47. The molecule has 0 unspecified atom stereocenters. The summed E-state index contributed by atoms with van der Waals surface area (Å²) >= 11 is 9.56. The summed E-state index contributed by atoms with van der Waals surface area (Å²) in [6.07, 6.45) is 0.439. The van der Waals surface area contributed by atoms with Crippen molar-refractivity contribution in [1.29, 1.82) is 0 Å². The van der Waals surface area contributed by atoms with Gasteiger partial charge < -0.3 is 9.47 Å². The van der Waals surface area contributed by atoms with Crippen LogP contribution in [-0.4, -0.2) is 23.8 Å². The standard InChI is InChI=1S/C6H10O2S2/c1-3-8-6(10)4-5(9)7-2/h3-4H2,1-2H3. The van der Waals surface area contributed by atoms with E-state index in [1.807, 2.05) is 6.92 Å². The van der Waals surface area contributed by atoms with E-state index in [1.54, 1.807) is 0 Å². The smallest absolute Gasteiger partial charge is 0.168 e. The quantitative estimate of drug-likeness (QED) is 0.612. The number of hydrogen-bond acceptors (Lipinski definition) is 4. The molecule has 0 aromatic carbocycles. The molecule has 0 aliphatic rings. The number of ether oxygens (including phenoxy) is 2. The molecular weight excluding hydrogens is 168 g/mol. The highest BCUT2D eigenvalue weighted by molar-refractivity contribution is 7.81. The first-order valence-electron chi connectivity index (χ1n) is 2.93. The van der Waals surface area contributed by atoms with E-state index in [4.69, 9.17) is 33.9 Å². The Kier molecular flexibility index (Phi) is 5.43. The summed E-state index contributed by atoms with van der Waals surface area (Å²) in [4.78, 5) is 0. The molecule has 0 saturated heterocycles. The van der Waals surface area contributed by atoms with Gasteiger partial charge in [0, 0.05) is 0 Å². The minimum Gasteiger partial charge on any atom is -0.490 e. The van der Waals surface area contributed by atoms with Crippen molar-refractivity contribution >= 4 is 34.5 Å². The molecule has 0 aromatic heterocycles. The summed E-state index contributed by atoms with van der Waals surface area (Å²) < 4.78 is 9.71. The van der Waals surface area contributed by atoms with E-state index in [1.165, 1.54) is 7.11 Å². The van der Waals surface area contributed by atoms with Crippen LogP contribution in [0.25, 0.3) is 0 Å². The zero-order chi connectivity index (χ0) is 7.98. The molecule has 0 amide bonds. The lowest BCUT2D eigenvalue weighted by Crippen LogP contribution is -2.08. The van der Waals surface area contributed by atoms with E-state index in [0.29, 0.717) is 23.1 Å².